The van der Waals surface area contributed by atoms with Gasteiger partial charge in [0.05, 0.1) is 7.11 Å². The molecular formula is C23H36N2O4. The molecule has 0 bridgehead atoms. The number of ether oxygens (including phenoxy) is 2. The van der Waals surface area contributed by atoms with Crippen molar-refractivity contribution in [1.29, 1.82) is 0 Å². The van der Waals surface area contributed by atoms with Crippen LogP contribution in [0.3, 0.4) is 0 Å². The number of aryl methyl sites for hydroxylation is 1. The number of alkyl carbamates (subject to hydrolysis) is 1. The molecule has 0 spiro atoms. The van der Waals surface area contributed by atoms with Crippen LogP contribution < -0.4 is 15.4 Å². The summed E-state index contributed by atoms with van der Waals surface area (Å²) in [5, 5.41) is 6.05. The third kappa shape index (κ3) is 8.34. The number of carbonyl (C=O) groups excluding carboxylic acids is 2. The minimum atomic E-state index is -0.519. The van der Waals surface area contributed by atoms with Crippen LogP contribution in [0.1, 0.15) is 65.4 Å². The molecule has 0 aromatic heterocycles. The van der Waals surface area contributed by atoms with Crippen molar-refractivity contribution in [2.24, 2.45) is 5.92 Å². The van der Waals surface area contributed by atoms with E-state index in [1.807, 2.05) is 39.8 Å². The van der Waals surface area contributed by atoms with Gasteiger partial charge in [-0.3, -0.25) is 4.79 Å². The van der Waals surface area contributed by atoms with Crippen molar-refractivity contribution in [3.05, 3.63) is 29.8 Å². The number of hydrogen-bond acceptors (Lipinski definition) is 4. The third-order valence-corrected chi connectivity index (χ3v) is 5.24. The SMILES string of the molecule is COc1ccc(CC[C@@H](C)NC(=O)C[C@@H]2CCC[C@H]2NC(=O)OC(C)(C)C)cc1. The van der Waals surface area contributed by atoms with Crippen molar-refractivity contribution in [3.8, 4) is 5.75 Å². The average molecular weight is 405 g/mol. The summed E-state index contributed by atoms with van der Waals surface area (Å²) in [4.78, 5) is 24.5. The van der Waals surface area contributed by atoms with Gasteiger partial charge < -0.3 is 20.1 Å². The topological polar surface area (TPSA) is 76.7 Å². The van der Waals surface area contributed by atoms with Gasteiger partial charge in [-0.1, -0.05) is 18.6 Å². The molecule has 3 atom stereocenters. The number of amides is 2. The smallest absolute Gasteiger partial charge is 0.407 e. The quantitative estimate of drug-likeness (QED) is 0.680. The standard InChI is InChI=1S/C23H36N2O4/c1-16(9-10-17-11-13-19(28-5)14-12-17)24-21(26)15-18-7-6-8-20(18)25-22(27)29-23(2,3)4/h11-14,16,18,20H,6-10,15H2,1-5H3,(H,24,26)(H,25,27)/t16-,18+,20-/m1/s1. The highest BCUT2D eigenvalue weighted by Crippen LogP contribution is 2.29. The maximum atomic E-state index is 12.5. The van der Waals surface area contributed by atoms with Crippen molar-refractivity contribution in [2.75, 3.05) is 7.11 Å². The first-order valence-corrected chi connectivity index (χ1v) is 10.6. The molecule has 6 heteroatoms. The van der Waals surface area contributed by atoms with Crippen molar-refractivity contribution < 1.29 is 19.1 Å². The lowest BCUT2D eigenvalue weighted by atomic mass is 9.98. The summed E-state index contributed by atoms with van der Waals surface area (Å²) in [5.41, 5.74) is 0.707. The van der Waals surface area contributed by atoms with Crippen LogP contribution in [0.15, 0.2) is 24.3 Å². The number of rotatable bonds is 8. The van der Waals surface area contributed by atoms with E-state index in [1.54, 1.807) is 7.11 Å². The molecule has 1 aromatic rings. The predicted octanol–water partition coefficient (Wildman–Crippen LogP) is 4.22. The fourth-order valence-corrected chi connectivity index (χ4v) is 3.75. The lowest BCUT2D eigenvalue weighted by molar-refractivity contribution is -0.122. The number of hydrogen-bond donors (Lipinski definition) is 2. The normalized spacial score (nSPS) is 20.0. The van der Waals surface area contributed by atoms with E-state index >= 15 is 0 Å². The van der Waals surface area contributed by atoms with Gasteiger partial charge in [0.15, 0.2) is 0 Å². The van der Waals surface area contributed by atoms with Crippen LogP contribution in [0, 0.1) is 5.92 Å². The van der Waals surface area contributed by atoms with Crippen LogP contribution in [0.25, 0.3) is 0 Å². The maximum Gasteiger partial charge on any atom is 0.407 e. The molecule has 2 amide bonds. The molecule has 2 rings (SSSR count). The van der Waals surface area contributed by atoms with Gasteiger partial charge in [0, 0.05) is 18.5 Å². The number of nitrogens with one attached hydrogen (secondary N) is 2. The lowest BCUT2D eigenvalue weighted by Gasteiger charge is -2.25. The molecule has 0 radical (unpaired) electrons. The zero-order chi connectivity index (χ0) is 21.4. The summed E-state index contributed by atoms with van der Waals surface area (Å²) in [5.74, 6) is 1.06. The van der Waals surface area contributed by atoms with Crippen molar-refractivity contribution >= 4 is 12.0 Å². The second kappa shape index (κ2) is 10.5. The predicted molar refractivity (Wildman–Crippen MR) is 114 cm³/mol. The zero-order valence-corrected chi connectivity index (χ0v) is 18.4. The van der Waals surface area contributed by atoms with Crippen LogP contribution in [-0.2, 0) is 16.0 Å². The van der Waals surface area contributed by atoms with Gasteiger partial charge in [-0.25, -0.2) is 4.79 Å². The van der Waals surface area contributed by atoms with Crippen LogP contribution in [0.2, 0.25) is 0 Å². The van der Waals surface area contributed by atoms with E-state index in [1.165, 1.54) is 5.56 Å². The molecule has 1 aliphatic carbocycles. The van der Waals surface area contributed by atoms with E-state index in [4.69, 9.17) is 9.47 Å². The van der Waals surface area contributed by atoms with Gasteiger partial charge >= 0.3 is 6.09 Å². The van der Waals surface area contributed by atoms with Crippen molar-refractivity contribution in [1.82, 2.24) is 10.6 Å². The van der Waals surface area contributed by atoms with Crippen molar-refractivity contribution in [2.45, 2.75) is 83.9 Å². The zero-order valence-electron chi connectivity index (χ0n) is 18.4. The number of methoxy groups -OCH3 is 1. The Bertz CT molecular complexity index is 666. The summed E-state index contributed by atoms with van der Waals surface area (Å²) in [7, 11) is 1.66. The molecule has 29 heavy (non-hydrogen) atoms. The Morgan fingerprint density at radius 3 is 2.48 bits per heavy atom. The average Bonchev–Trinajstić information content (AvgIpc) is 3.05. The number of benzene rings is 1. The Kier molecular flexibility index (Phi) is 8.35. The summed E-state index contributed by atoms with van der Waals surface area (Å²) in [6.45, 7) is 7.57. The Morgan fingerprint density at radius 2 is 1.86 bits per heavy atom. The van der Waals surface area contributed by atoms with Crippen LogP contribution in [-0.4, -0.2) is 36.8 Å². The molecule has 2 N–H and O–H groups in total. The first-order chi connectivity index (χ1) is 13.7. The maximum absolute atomic E-state index is 12.5. The molecule has 0 heterocycles. The summed E-state index contributed by atoms with van der Waals surface area (Å²) >= 11 is 0. The molecule has 0 saturated heterocycles. The molecule has 1 aromatic carbocycles. The van der Waals surface area contributed by atoms with Gasteiger partial charge in [-0.05, 0) is 77.0 Å². The third-order valence-electron chi connectivity index (χ3n) is 5.24. The monoisotopic (exact) mass is 404 g/mol. The second-order valence-electron chi connectivity index (χ2n) is 9.00. The highest BCUT2D eigenvalue weighted by Gasteiger charge is 2.31. The van der Waals surface area contributed by atoms with Gasteiger partial charge in [-0.2, -0.15) is 0 Å². The largest absolute Gasteiger partial charge is 0.497 e. The Morgan fingerprint density at radius 1 is 1.17 bits per heavy atom. The fraction of sp³-hybridized carbons (Fsp3) is 0.652. The Balaban J connectivity index is 1.74. The molecule has 162 valence electrons. The highest BCUT2D eigenvalue weighted by atomic mass is 16.6. The molecule has 1 fully saturated rings. The molecule has 1 saturated carbocycles. The number of carbonyl (C=O) groups is 2. The molecule has 1 aliphatic rings. The molecule has 6 nitrogen and oxygen atoms in total. The molecule has 0 unspecified atom stereocenters. The van der Waals surface area contributed by atoms with E-state index in [-0.39, 0.29) is 23.9 Å². The van der Waals surface area contributed by atoms with E-state index < -0.39 is 11.7 Å². The Hall–Kier alpha value is -2.24. The first-order valence-electron chi connectivity index (χ1n) is 10.6. The van der Waals surface area contributed by atoms with E-state index in [0.29, 0.717) is 6.42 Å². The van der Waals surface area contributed by atoms with E-state index in [0.717, 1.165) is 37.9 Å². The summed E-state index contributed by atoms with van der Waals surface area (Å²) in [6, 6.07) is 8.12. The fourth-order valence-electron chi connectivity index (χ4n) is 3.75. The van der Waals surface area contributed by atoms with E-state index in [9.17, 15) is 9.59 Å². The molecular weight excluding hydrogens is 368 g/mol. The van der Waals surface area contributed by atoms with Gasteiger partial charge in [0.1, 0.15) is 11.4 Å². The summed E-state index contributed by atoms with van der Waals surface area (Å²) < 4.78 is 10.5. The molecule has 0 aliphatic heterocycles. The van der Waals surface area contributed by atoms with Crippen LogP contribution in [0.4, 0.5) is 4.79 Å². The minimum Gasteiger partial charge on any atom is -0.497 e. The second-order valence-corrected chi connectivity index (χ2v) is 9.00. The lowest BCUT2D eigenvalue weighted by Crippen LogP contribution is -2.42. The van der Waals surface area contributed by atoms with Crippen LogP contribution >= 0.6 is 0 Å². The highest BCUT2D eigenvalue weighted by molar-refractivity contribution is 5.76. The minimum absolute atomic E-state index is 0.00482. The summed E-state index contributed by atoms with van der Waals surface area (Å²) in [6.07, 6.45) is 4.68. The Labute approximate surface area is 174 Å². The van der Waals surface area contributed by atoms with Gasteiger partial charge in [-0.15, -0.1) is 0 Å². The first kappa shape index (κ1) is 23.0. The van der Waals surface area contributed by atoms with E-state index in [2.05, 4.69) is 22.8 Å². The van der Waals surface area contributed by atoms with Gasteiger partial charge in [0.2, 0.25) is 5.91 Å². The van der Waals surface area contributed by atoms with Gasteiger partial charge in [0.25, 0.3) is 0 Å². The van der Waals surface area contributed by atoms with Crippen molar-refractivity contribution in [3.63, 3.8) is 0 Å². The van der Waals surface area contributed by atoms with Crippen LogP contribution in [0.5, 0.6) is 5.75 Å².